The summed E-state index contributed by atoms with van der Waals surface area (Å²) in [6, 6.07) is 3.52. The summed E-state index contributed by atoms with van der Waals surface area (Å²) >= 11 is 3.31. The summed E-state index contributed by atoms with van der Waals surface area (Å²) in [6.07, 6.45) is 1.71. The number of hydrogen-bond donors (Lipinski definition) is 2. The molecule has 1 atom stereocenters. The lowest BCUT2D eigenvalue weighted by molar-refractivity contribution is 0.130. The molecule has 0 amide bonds. The van der Waals surface area contributed by atoms with Gasteiger partial charge in [0.15, 0.2) is 0 Å². The second-order valence-electron chi connectivity index (χ2n) is 4.03. The van der Waals surface area contributed by atoms with Gasteiger partial charge in [-0.25, -0.2) is 0 Å². The summed E-state index contributed by atoms with van der Waals surface area (Å²) in [5.41, 5.74) is 6.45. The van der Waals surface area contributed by atoms with Crippen molar-refractivity contribution >= 4 is 15.9 Å². The number of aromatic nitrogens is 1. The zero-order chi connectivity index (χ0) is 10.8. The minimum atomic E-state index is -0.346. The van der Waals surface area contributed by atoms with E-state index in [1.807, 2.05) is 26.0 Å². The van der Waals surface area contributed by atoms with Gasteiger partial charge in [0, 0.05) is 16.1 Å². The van der Waals surface area contributed by atoms with Crippen LogP contribution >= 0.6 is 15.9 Å². The van der Waals surface area contributed by atoms with Gasteiger partial charge >= 0.3 is 0 Å². The molecule has 1 aromatic rings. The van der Waals surface area contributed by atoms with E-state index in [-0.39, 0.29) is 18.1 Å². The highest BCUT2D eigenvalue weighted by molar-refractivity contribution is 9.10. The van der Waals surface area contributed by atoms with Crippen molar-refractivity contribution in [2.45, 2.75) is 19.9 Å². The third-order valence-corrected chi connectivity index (χ3v) is 2.79. The fourth-order valence-corrected chi connectivity index (χ4v) is 1.30. The quantitative estimate of drug-likeness (QED) is 0.871. The zero-order valence-electron chi connectivity index (χ0n) is 8.37. The molecule has 0 unspecified atom stereocenters. The predicted molar refractivity (Wildman–Crippen MR) is 59.7 cm³/mol. The summed E-state index contributed by atoms with van der Waals surface area (Å²) in [6.45, 7) is 3.88. The number of aliphatic hydroxyl groups excluding tert-OH is 1. The normalized spacial score (nSPS) is 14.1. The van der Waals surface area contributed by atoms with Crippen molar-refractivity contribution < 1.29 is 5.11 Å². The van der Waals surface area contributed by atoms with Crippen molar-refractivity contribution in [2.24, 2.45) is 11.1 Å². The Kier molecular flexibility index (Phi) is 3.64. The molecule has 0 aliphatic rings. The van der Waals surface area contributed by atoms with Crippen molar-refractivity contribution in [2.75, 3.05) is 6.61 Å². The van der Waals surface area contributed by atoms with E-state index in [0.717, 1.165) is 10.2 Å². The Balaban J connectivity index is 2.89. The Labute approximate surface area is 92.5 Å². The Morgan fingerprint density at radius 2 is 2.21 bits per heavy atom. The summed E-state index contributed by atoms with van der Waals surface area (Å²) in [5.74, 6) is 0. The van der Waals surface area contributed by atoms with Crippen molar-refractivity contribution in [1.29, 1.82) is 0 Å². The molecule has 0 bridgehead atoms. The van der Waals surface area contributed by atoms with Gasteiger partial charge < -0.3 is 10.8 Å². The largest absolute Gasteiger partial charge is 0.396 e. The van der Waals surface area contributed by atoms with Gasteiger partial charge in [0.2, 0.25) is 0 Å². The molecule has 3 N–H and O–H groups in total. The Morgan fingerprint density at radius 3 is 2.64 bits per heavy atom. The standard InChI is InChI=1S/C10H15BrN2O/c1-10(2,6-14)9(12)8-4-3-7(11)5-13-8/h3-5,9,14H,6,12H2,1-2H3/t9-/m1/s1. The average molecular weight is 259 g/mol. The van der Waals surface area contributed by atoms with Crippen molar-refractivity contribution in [3.63, 3.8) is 0 Å². The summed E-state index contributed by atoms with van der Waals surface area (Å²) in [5, 5.41) is 9.16. The highest BCUT2D eigenvalue weighted by atomic mass is 79.9. The lowest BCUT2D eigenvalue weighted by atomic mass is 9.84. The van der Waals surface area contributed by atoms with E-state index in [9.17, 15) is 0 Å². The van der Waals surface area contributed by atoms with E-state index in [2.05, 4.69) is 20.9 Å². The number of nitrogens with two attached hydrogens (primary N) is 1. The van der Waals surface area contributed by atoms with Crippen molar-refractivity contribution in [3.05, 3.63) is 28.5 Å². The number of nitrogens with zero attached hydrogens (tertiary/aromatic N) is 1. The average Bonchev–Trinajstić information content (AvgIpc) is 2.18. The predicted octanol–water partition coefficient (Wildman–Crippen LogP) is 1.86. The Hall–Kier alpha value is -0.450. The maximum Gasteiger partial charge on any atom is 0.0578 e. The minimum Gasteiger partial charge on any atom is -0.396 e. The van der Waals surface area contributed by atoms with Crippen LogP contribution in [0.3, 0.4) is 0 Å². The van der Waals surface area contributed by atoms with Crippen LogP contribution in [0.15, 0.2) is 22.8 Å². The van der Waals surface area contributed by atoms with Crippen LogP contribution in [0.25, 0.3) is 0 Å². The third-order valence-electron chi connectivity index (χ3n) is 2.32. The van der Waals surface area contributed by atoms with Gasteiger partial charge in [0.25, 0.3) is 0 Å². The SMILES string of the molecule is CC(C)(CO)[C@H](N)c1ccc(Br)cn1. The second kappa shape index (κ2) is 4.38. The van der Waals surface area contributed by atoms with Gasteiger partial charge in [-0.1, -0.05) is 13.8 Å². The molecular weight excluding hydrogens is 244 g/mol. The number of aliphatic hydroxyl groups is 1. The first-order valence-corrected chi connectivity index (χ1v) is 5.24. The van der Waals surface area contributed by atoms with E-state index in [1.54, 1.807) is 6.20 Å². The molecule has 78 valence electrons. The Bertz CT molecular complexity index is 297. The highest BCUT2D eigenvalue weighted by Crippen LogP contribution is 2.29. The van der Waals surface area contributed by atoms with Gasteiger partial charge in [0.1, 0.15) is 0 Å². The zero-order valence-corrected chi connectivity index (χ0v) is 9.95. The minimum absolute atomic E-state index is 0.0475. The molecule has 0 fully saturated rings. The van der Waals surface area contributed by atoms with Gasteiger partial charge in [0.05, 0.1) is 18.3 Å². The van der Waals surface area contributed by atoms with Crippen LogP contribution in [0.1, 0.15) is 25.6 Å². The van der Waals surface area contributed by atoms with Crippen LogP contribution in [0.4, 0.5) is 0 Å². The fourth-order valence-electron chi connectivity index (χ4n) is 1.07. The molecule has 3 nitrogen and oxygen atoms in total. The van der Waals surface area contributed by atoms with Crippen LogP contribution in [0.2, 0.25) is 0 Å². The first-order valence-electron chi connectivity index (χ1n) is 4.45. The summed E-state index contributed by atoms with van der Waals surface area (Å²) in [7, 11) is 0. The van der Waals surface area contributed by atoms with E-state index < -0.39 is 0 Å². The van der Waals surface area contributed by atoms with E-state index in [0.29, 0.717) is 0 Å². The molecule has 1 heterocycles. The first-order chi connectivity index (χ1) is 6.47. The highest BCUT2D eigenvalue weighted by Gasteiger charge is 2.27. The monoisotopic (exact) mass is 258 g/mol. The second-order valence-corrected chi connectivity index (χ2v) is 4.94. The van der Waals surface area contributed by atoms with Crippen LogP contribution in [0.5, 0.6) is 0 Å². The lowest BCUT2D eigenvalue weighted by Gasteiger charge is -2.28. The maximum atomic E-state index is 9.16. The number of rotatable bonds is 3. The van der Waals surface area contributed by atoms with E-state index in [1.165, 1.54) is 0 Å². The molecule has 0 aliphatic heterocycles. The van der Waals surface area contributed by atoms with Crippen LogP contribution in [0, 0.1) is 5.41 Å². The van der Waals surface area contributed by atoms with Crippen LogP contribution in [-0.2, 0) is 0 Å². The van der Waals surface area contributed by atoms with E-state index in [4.69, 9.17) is 10.8 Å². The molecule has 14 heavy (non-hydrogen) atoms. The number of halogens is 1. The molecule has 0 saturated carbocycles. The lowest BCUT2D eigenvalue weighted by Crippen LogP contribution is -2.32. The van der Waals surface area contributed by atoms with Gasteiger partial charge in [-0.2, -0.15) is 0 Å². The Morgan fingerprint density at radius 1 is 1.57 bits per heavy atom. The molecule has 1 aromatic heterocycles. The molecule has 0 saturated heterocycles. The molecule has 4 heteroatoms. The smallest absolute Gasteiger partial charge is 0.0578 e. The molecule has 1 rings (SSSR count). The van der Waals surface area contributed by atoms with Crippen molar-refractivity contribution in [3.8, 4) is 0 Å². The van der Waals surface area contributed by atoms with Crippen LogP contribution < -0.4 is 5.73 Å². The first kappa shape index (κ1) is 11.6. The number of hydrogen-bond acceptors (Lipinski definition) is 3. The molecule has 0 spiro atoms. The van der Waals surface area contributed by atoms with Gasteiger partial charge in [-0.3, -0.25) is 4.98 Å². The van der Waals surface area contributed by atoms with E-state index >= 15 is 0 Å². The van der Waals surface area contributed by atoms with Crippen LogP contribution in [-0.4, -0.2) is 16.7 Å². The maximum absolute atomic E-state index is 9.16. The van der Waals surface area contributed by atoms with Gasteiger partial charge in [-0.05, 0) is 28.1 Å². The fraction of sp³-hybridized carbons (Fsp3) is 0.500. The molecule has 0 aromatic carbocycles. The van der Waals surface area contributed by atoms with Crippen molar-refractivity contribution in [1.82, 2.24) is 4.98 Å². The number of pyridine rings is 1. The van der Waals surface area contributed by atoms with Gasteiger partial charge in [-0.15, -0.1) is 0 Å². The molecule has 0 aliphatic carbocycles. The topological polar surface area (TPSA) is 59.1 Å². The molecular formula is C10H15BrN2O. The summed E-state index contributed by atoms with van der Waals surface area (Å²) in [4.78, 5) is 4.21. The summed E-state index contributed by atoms with van der Waals surface area (Å²) < 4.78 is 0.926. The molecule has 0 radical (unpaired) electrons. The third kappa shape index (κ3) is 2.53.